The maximum Gasteiger partial charge on any atom is 0.216 e. The molecule has 286 valence electrons. The molecule has 6 aromatic rings. The number of fused-ring (bicyclic) bond motifs is 11. The summed E-state index contributed by atoms with van der Waals surface area (Å²) in [6.07, 6.45) is 18.4. The second-order valence-electron chi connectivity index (χ2n) is 16.4. The van der Waals surface area contributed by atoms with Gasteiger partial charge in [-0.25, -0.2) is 20.0 Å². The molecule has 2 atom stereocenters. The van der Waals surface area contributed by atoms with Crippen LogP contribution in [0.4, 0.5) is 10.3 Å². The SMILES string of the molecule is O=c1c(=Nc2nc3c(s2)C2=CC4C=C5OC6(CCCCC6)c6nc(N=c7c(=O)c8ccccc8c7=O)sc6C5=CC4C=C2OC32CCCCC2)c(=O)c2ccccc12. The van der Waals surface area contributed by atoms with Crippen LogP contribution in [0.2, 0.25) is 0 Å². The van der Waals surface area contributed by atoms with Gasteiger partial charge in [0.15, 0.2) is 21.9 Å². The predicted molar refractivity (Wildman–Crippen MR) is 223 cm³/mol. The number of nitrogens with zero attached hydrogens (tertiary/aromatic N) is 4. The van der Waals surface area contributed by atoms with Crippen molar-refractivity contribution in [2.75, 3.05) is 0 Å². The van der Waals surface area contributed by atoms with E-state index < -0.39 is 11.2 Å². The van der Waals surface area contributed by atoms with Gasteiger partial charge < -0.3 is 9.47 Å². The van der Waals surface area contributed by atoms with E-state index in [0.29, 0.717) is 31.8 Å². The summed E-state index contributed by atoms with van der Waals surface area (Å²) in [7, 11) is 0. The summed E-state index contributed by atoms with van der Waals surface area (Å²) in [6.45, 7) is 0. The normalized spacial score (nSPS) is 22.3. The molecule has 4 aliphatic carbocycles. The Bertz CT molecular complexity index is 2940. The summed E-state index contributed by atoms with van der Waals surface area (Å²) in [5, 5.41) is 2.09. The molecule has 2 aliphatic heterocycles. The molecule has 12 heteroatoms. The molecule has 4 aromatic carbocycles. The zero-order valence-electron chi connectivity index (χ0n) is 31.2. The van der Waals surface area contributed by atoms with Crippen LogP contribution in [0.25, 0.3) is 32.7 Å². The van der Waals surface area contributed by atoms with Crippen molar-refractivity contribution in [3.05, 3.63) is 157 Å². The number of allylic oxidation sites excluding steroid dienone is 6. The molecule has 4 heterocycles. The molecule has 0 amide bonds. The Hall–Kier alpha value is -5.72. The third kappa shape index (κ3) is 4.87. The van der Waals surface area contributed by atoms with Gasteiger partial charge in [-0.1, -0.05) is 96.2 Å². The molecule has 2 unspecified atom stereocenters. The number of hydrogen-bond acceptors (Lipinski definition) is 12. The molecule has 6 aliphatic rings. The fourth-order valence-corrected chi connectivity index (χ4v) is 12.3. The molecule has 0 N–H and O–H groups in total. The Morgan fingerprint density at radius 2 is 0.879 bits per heavy atom. The smallest absolute Gasteiger partial charge is 0.216 e. The Kier molecular flexibility index (Phi) is 7.34. The van der Waals surface area contributed by atoms with Crippen LogP contribution in [-0.2, 0) is 20.7 Å². The van der Waals surface area contributed by atoms with E-state index in [9.17, 15) is 19.2 Å². The zero-order valence-corrected chi connectivity index (χ0v) is 32.8. The van der Waals surface area contributed by atoms with Gasteiger partial charge in [0, 0.05) is 44.5 Å². The molecule has 2 fully saturated rings. The number of benzene rings is 2. The van der Waals surface area contributed by atoms with Gasteiger partial charge in [-0.15, -0.1) is 0 Å². The standard InChI is InChI=1S/C46H34N4O6S2/c51-35-25-11-3-4-12-26(25)36(52)33(35)47-43-49-41-39(57-43)29-19-24-22-32-30(20-23(24)21-31(29)55-45(41)15-7-1-8-16-45)40-42(46(56-32)17-9-2-10-18-46)50-44(58-40)48-34-37(53)27-13-5-6-14-28(27)38(34)54/h3-6,11-14,19-24H,1-2,7-10,15-18H2. The molecule has 0 radical (unpaired) electrons. The predicted octanol–water partition coefficient (Wildman–Crippen LogP) is 7.44. The lowest BCUT2D eigenvalue weighted by Gasteiger charge is -2.45. The average molecular weight is 803 g/mol. The maximum atomic E-state index is 13.3. The second-order valence-corrected chi connectivity index (χ2v) is 18.3. The van der Waals surface area contributed by atoms with Gasteiger partial charge in [-0.3, -0.25) is 19.2 Å². The molecule has 12 rings (SSSR count). The van der Waals surface area contributed by atoms with E-state index in [4.69, 9.17) is 19.4 Å². The van der Waals surface area contributed by atoms with E-state index in [2.05, 4.69) is 34.3 Å². The molecule has 0 saturated heterocycles. The van der Waals surface area contributed by atoms with Gasteiger partial charge in [0.05, 0.1) is 9.75 Å². The largest absolute Gasteiger partial charge is 0.481 e. The van der Waals surface area contributed by atoms with E-state index in [1.54, 1.807) is 48.5 Å². The van der Waals surface area contributed by atoms with Crippen molar-refractivity contribution in [1.29, 1.82) is 0 Å². The van der Waals surface area contributed by atoms with Crippen LogP contribution < -0.4 is 32.4 Å². The minimum absolute atomic E-state index is 0.0410. The van der Waals surface area contributed by atoms with Crippen LogP contribution >= 0.6 is 22.7 Å². The lowest BCUT2D eigenvalue weighted by molar-refractivity contribution is -0.0373. The second kappa shape index (κ2) is 12.4. The molecule has 2 spiro atoms. The molecule has 2 aromatic heterocycles. The first-order chi connectivity index (χ1) is 28.3. The van der Waals surface area contributed by atoms with Crippen molar-refractivity contribution in [3.8, 4) is 0 Å². The van der Waals surface area contributed by atoms with E-state index in [1.165, 1.54) is 22.7 Å². The number of ether oxygens (including phenoxy) is 2. The van der Waals surface area contributed by atoms with Gasteiger partial charge in [0.2, 0.25) is 32.0 Å². The third-order valence-corrected chi connectivity index (χ3v) is 15.0. The number of aromatic nitrogens is 2. The Morgan fingerprint density at radius 1 is 0.517 bits per heavy atom. The van der Waals surface area contributed by atoms with Crippen molar-refractivity contribution in [3.63, 3.8) is 0 Å². The topological polar surface area (TPSA) is 137 Å². The van der Waals surface area contributed by atoms with Crippen LogP contribution in [0.15, 0.2) is 114 Å². The van der Waals surface area contributed by atoms with Crippen LogP contribution in [0, 0.1) is 11.8 Å². The first-order valence-electron chi connectivity index (χ1n) is 20.1. The minimum atomic E-state index is -0.622. The highest BCUT2D eigenvalue weighted by molar-refractivity contribution is 7.17. The number of hydrogen-bond donors (Lipinski definition) is 0. The van der Waals surface area contributed by atoms with Gasteiger partial charge in [0.25, 0.3) is 0 Å². The highest BCUT2D eigenvalue weighted by atomic mass is 32.1. The van der Waals surface area contributed by atoms with Crippen LogP contribution in [0.5, 0.6) is 0 Å². The summed E-state index contributed by atoms with van der Waals surface area (Å²) < 4.78 is 14.1. The molecule has 2 saturated carbocycles. The summed E-state index contributed by atoms with van der Waals surface area (Å²) in [4.78, 5) is 74.6. The minimum Gasteiger partial charge on any atom is -0.481 e. The van der Waals surface area contributed by atoms with Crippen LogP contribution in [0.3, 0.4) is 0 Å². The highest BCUT2D eigenvalue weighted by Crippen LogP contribution is 2.58. The summed E-state index contributed by atoms with van der Waals surface area (Å²) in [5.41, 5.74) is 0.863. The van der Waals surface area contributed by atoms with Gasteiger partial charge >= 0.3 is 0 Å². The fourth-order valence-electron chi connectivity index (χ4n) is 10.2. The van der Waals surface area contributed by atoms with Crippen molar-refractivity contribution in [1.82, 2.24) is 9.97 Å². The van der Waals surface area contributed by atoms with Crippen LogP contribution in [0.1, 0.15) is 85.4 Å². The quantitative estimate of drug-likeness (QED) is 0.176. The van der Waals surface area contributed by atoms with E-state index in [-0.39, 0.29) is 44.3 Å². The lowest BCUT2D eigenvalue weighted by atomic mass is 9.73. The maximum absolute atomic E-state index is 13.3. The lowest BCUT2D eigenvalue weighted by Crippen LogP contribution is -2.38. The Labute approximate surface area is 338 Å². The van der Waals surface area contributed by atoms with Gasteiger partial charge in [0.1, 0.15) is 22.9 Å². The van der Waals surface area contributed by atoms with Gasteiger partial charge in [-0.2, -0.15) is 0 Å². The molecule has 0 bridgehead atoms. The Morgan fingerprint density at radius 3 is 1.24 bits per heavy atom. The monoisotopic (exact) mass is 802 g/mol. The molecule has 10 nitrogen and oxygen atoms in total. The number of thiazole rings is 2. The van der Waals surface area contributed by atoms with E-state index in [1.807, 2.05) is 0 Å². The Balaban J connectivity index is 0.982. The molecular formula is C46H34N4O6S2. The van der Waals surface area contributed by atoms with Crippen molar-refractivity contribution < 1.29 is 9.47 Å². The molecule has 58 heavy (non-hydrogen) atoms. The van der Waals surface area contributed by atoms with Gasteiger partial charge in [-0.05, 0) is 63.5 Å². The van der Waals surface area contributed by atoms with Crippen LogP contribution in [-0.4, -0.2) is 9.97 Å². The average Bonchev–Trinajstić information content (AvgIpc) is 4.00. The molecular weight excluding hydrogens is 769 g/mol. The summed E-state index contributed by atoms with van der Waals surface area (Å²) in [5.74, 6) is 1.53. The fraction of sp³-hybridized carbons (Fsp3) is 0.304. The van der Waals surface area contributed by atoms with E-state index >= 15 is 0 Å². The van der Waals surface area contributed by atoms with Crippen molar-refractivity contribution in [2.45, 2.75) is 75.4 Å². The van der Waals surface area contributed by atoms with Crippen molar-refractivity contribution in [2.24, 2.45) is 21.8 Å². The third-order valence-electron chi connectivity index (χ3n) is 13.0. The number of rotatable bonds is 2. The van der Waals surface area contributed by atoms with E-state index in [0.717, 1.165) is 108 Å². The highest BCUT2D eigenvalue weighted by Gasteiger charge is 2.50. The first kappa shape index (κ1) is 34.3. The van der Waals surface area contributed by atoms with Crippen molar-refractivity contribution >= 4 is 65.6 Å². The summed E-state index contributed by atoms with van der Waals surface area (Å²) >= 11 is 2.83. The first-order valence-corrected chi connectivity index (χ1v) is 21.8. The zero-order chi connectivity index (χ0) is 38.9. The summed E-state index contributed by atoms with van der Waals surface area (Å²) in [6, 6.07) is 13.7.